The van der Waals surface area contributed by atoms with Crippen LogP contribution >= 0.6 is 0 Å². The van der Waals surface area contributed by atoms with Crippen molar-refractivity contribution in [3.8, 4) is 22.5 Å². The quantitative estimate of drug-likeness (QED) is 0.217. The van der Waals surface area contributed by atoms with Crippen molar-refractivity contribution in [1.29, 1.82) is 0 Å². The summed E-state index contributed by atoms with van der Waals surface area (Å²) in [4.78, 5) is 15.9. The zero-order valence-electron chi connectivity index (χ0n) is 21.2. The molecule has 0 unspecified atom stereocenters. The number of aromatic nitrogens is 4. The third kappa shape index (κ3) is 2.89. The lowest BCUT2D eigenvalue weighted by Crippen LogP contribution is -2.00. The maximum atomic E-state index is 6.25. The predicted molar refractivity (Wildman–Crippen MR) is 161 cm³/mol. The van der Waals surface area contributed by atoms with Crippen LogP contribution in [0, 0.1) is 0 Å². The van der Waals surface area contributed by atoms with Gasteiger partial charge in [0.15, 0.2) is 5.65 Å². The Bertz CT molecular complexity index is 2440. The SMILES string of the molecule is c1ccc(-c2nc3c4ccccc4n4c5ccccc5nc4c3nc2-c2cccc3oc4ccccc4c23)cc1. The van der Waals surface area contributed by atoms with Gasteiger partial charge in [0.05, 0.1) is 27.9 Å². The Morgan fingerprint density at radius 3 is 2.10 bits per heavy atom. The average Bonchev–Trinajstić information content (AvgIpc) is 3.60. The third-order valence-corrected chi connectivity index (χ3v) is 7.77. The van der Waals surface area contributed by atoms with Gasteiger partial charge in [0.1, 0.15) is 22.2 Å². The van der Waals surface area contributed by atoms with E-state index in [1.54, 1.807) is 0 Å². The summed E-state index contributed by atoms with van der Waals surface area (Å²) in [6.45, 7) is 0. The predicted octanol–water partition coefficient (Wildman–Crippen LogP) is 8.82. The smallest absolute Gasteiger partial charge is 0.166 e. The molecule has 0 spiro atoms. The van der Waals surface area contributed by atoms with E-state index in [0.717, 1.165) is 83.1 Å². The molecule has 5 nitrogen and oxygen atoms in total. The molecular formula is C35H20N4O. The highest BCUT2D eigenvalue weighted by Crippen LogP contribution is 2.41. The van der Waals surface area contributed by atoms with Crippen molar-refractivity contribution in [3.05, 3.63) is 121 Å². The minimum Gasteiger partial charge on any atom is -0.456 e. The fourth-order valence-electron chi connectivity index (χ4n) is 6.03. The van der Waals surface area contributed by atoms with Gasteiger partial charge in [0, 0.05) is 27.3 Å². The Balaban J connectivity index is 1.51. The Kier molecular flexibility index (Phi) is 4.27. The van der Waals surface area contributed by atoms with E-state index in [0.29, 0.717) is 0 Å². The second-order valence-corrected chi connectivity index (χ2v) is 10.0. The topological polar surface area (TPSA) is 56.2 Å². The van der Waals surface area contributed by atoms with Crippen LogP contribution in [0.15, 0.2) is 126 Å². The van der Waals surface area contributed by atoms with E-state index in [-0.39, 0.29) is 0 Å². The van der Waals surface area contributed by atoms with Crippen LogP contribution in [0.3, 0.4) is 0 Å². The molecule has 9 aromatic rings. The molecule has 0 saturated carbocycles. The molecule has 5 aromatic carbocycles. The molecule has 4 heterocycles. The molecule has 0 saturated heterocycles. The van der Waals surface area contributed by atoms with Gasteiger partial charge in [-0.2, -0.15) is 0 Å². The van der Waals surface area contributed by atoms with Crippen LogP contribution in [0.4, 0.5) is 0 Å². The Morgan fingerprint density at radius 2 is 1.20 bits per heavy atom. The molecule has 40 heavy (non-hydrogen) atoms. The summed E-state index contributed by atoms with van der Waals surface area (Å²) in [5, 5.41) is 3.13. The first kappa shape index (κ1) is 21.4. The van der Waals surface area contributed by atoms with E-state index in [1.165, 1.54) is 0 Å². The molecule has 0 aliphatic carbocycles. The average molecular weight is 513 g/mol. The molecule has 186 valence electrons. The van der Waals surface area contributed by atoms with Gasteiger partial charge < -0.3 is 4.42 Å². The van der Waals surface area contributed by atoms with Gasteiger partial charge in [-0.1, -0.05) is 91.0 Å². The highest BCUT2D eigenvalue weighted by Gasteiger charge is 2.22. The number of furan rings is 1. The molecule has 0 atom stereocenters. The molecule has 5 heteroatoms. The number of pyridine rings is 1. The van der Waals surface area contributed by atoms with E-state index in [4.69, 9.17) is 19.4 Å². The Morgan fingerprint density at radius 1 is 0.500 bits per heavy atom. The van der Waals surface area contributed by atoms with Crippen molar-refractivity contribution in [2.24, 2.45) is 0 Å². The fraction of sp³-hybridized carbons (Fsp3) is 0. The summed E-state index contributed by atoms with van der Waals surface area (Å²) in [6, 6.07) is 41.2. The first-order valence-corrected chi connectivity index (χ1v) is 13.3. The zero-order valence-corrected chi connectivity index (χ0v) is 21.2. The van der Waals surface area contributed by atoms with E-state index >= 15 is 0 Å². The van der Waals surface area contributed by atoms with Crippen molar-refractivity contribution in [2.45, 2.75) is 0 Å². The summed E-state index contributed by atoms with van der Waals surface area (Å²) in [5.74, 6) is 0. The summed E-state index contributed by atoms with van der Waals surface area (Å²) in [6.07, 6.45) is 0. The number of rotatable bonds is 2. The van der Waals surface area contributed by atoms with Crippen LogP contribution in [-0.2, 0) is 0 Å². The molecule has 0 bridgehead atoms. The first-order chi connectivity index (χ1) is 19.8. The summed E-state index contributed by atoms with van der Waals surface area (Å²) >= 11 is 0. The molecule has 9 rings (SSSR count). The van der Waals surface area contributed by atoms with E-state index in [1.807, 2.05) is 60.7 Å². The molecule has 4 aromatic heterocycles. The van der Waals surface area contributed by atoms with Crippen molar-refractivity contribution in [2.75, 3.05) is 0 Å². The lowest BCUT2D eigenvalue weighted by molar-refractivity contribution is 0.669. The molecule has 0 fully saturated rings. The van der Waals surface area contributed by atoms with Gasteiger partial charge in [-0.15, -0.1) is 0 Å². The first-order valence-electron chi connectivity index (χ1n) is 13.3. The third-order valence-electron chi connectivity index (χ3n) is 7.77. The normalized spacial score (nSPS) is 12.0. The largest absolute Gasteiger partial charge is 0.456 e. The monoisotopic (exact) mass is 512 g/mol. The van der Waals surface area contributed by atoms with Gasteiger partial charge in [-0.25, -0.2) is 15.0 Å². The lowest BCUT2D eigenvalue weighted by atomic mass is 9.99. The summed E-state index contributed by atoms with van der Waals surface area (Å²) < 4.78 is 8.46. The fourth-order valence-corrected chi connectivity index (χ4v) is 6.03. The van der Waals surface area contributed by atoms with Crippen LogP contribution in [-0.4, -0.2) is 19.4 Å². The van der Waals surface area contributed by atoms with Gasteiger partial charge in [-0.3, -0.25) is 4.40 Å². The molecule has 0 aliphatic rings. The maximum Gasteiger partial charge on any atom is 0.166 e. The number of nitrogens with zero attached hydrogens (tertiary/aromatic N) is 4. The van der Waals surface area contributed by atoms with Gasteiger partial charge in [-0.05, 0) is 30.3 Å². The minimum atomic E-state index is 0.773. The zero-order chi connectivity index (χ0) is 26.2. The van der Waals surface area contributed by atoms with E-state index in [2.05, 4.69) is 65.1 Å². The van der Waals surface area contributed by atoms with Crippen LogP contribution < -0.4 is 0 Å². The number of hydrogen-bond acceptors (Lipinski definition) is 4. The molecule has 0 radical (unpaired) electrons. The summed E-state index contributed by atoms with van der Waals surface area (Å²) in [7, 11) is 0. The van der Waals surface area contributed by atoms with Crippen LogP contribution in [0.25, 0.3) is 83.1 Å². The van der Waals surface area contributed by atoms with Gasteiger partial charge in [0.25, 0.3) is 0 Å². The maximum absolute atomic E-state index is 6.25. The second-order valence-electron chi connectivity index (χ2n) is 10.0. The van der Waals surface area contributed by atoms with Crippen molar-refractivity contribution >= 4 is 60.6 Å². The van der Waals surface area contributed by atoms with Crippen LogP contribution in [0.1, 0.15) is 0 Å². The van der Waals surface area contributed by atoms with Crippen molar-refractivity contribution in [3.63, 3.8) is 0 Å². The van der Waals surface area contributed by atoms with Gasteiger partial charge in [0.2, 0.25) is 0 Å². The number of hydrogen-bond donors (Lipinski definition) is 0. The van der Waals surface area contributed by atoms with E-state index < -0.39 is 0 Å². The van der Waals surface area contributed by atoms with Gasteiger partial charge >= 0.3 is 0 Å². The molecule has 0 aliphatic heterocycles. The van der Waals surface area contributed by atoms with E-state index in [9.17, 15) is 0 Å². The van der Waals surface area contributed by atoms with Crippen molar-refractivity contribution < 1.29 is 4.42 Å². The number of benzene rings is 5. The Hall–Kier alpha value is -5.55. The number of fused-ring (bicyclic) bond motifs is 11. The lowest BCUT2D eigenvalue weighted by Gasteiger charge is -2.14. The highest BCUT2D eigenvalue weighted by atomic mass is 16.3. The molecule has 0 N–H and O–H groups in total. The second kappa shape index (κ2) is 7.98. The Labute approximate surface area is 228 Å². The van der Waals surface area contributed by atoms with Crippen molar-refractivity contribution in [1.82, 2.24) is 19.4 Å². The molecule has 0 amide bonds. The number of imidazole rings is 1. The summed E-state index contributed by atoms with van der Waals surface area (Å²) in [5.41, 5.74) is 10.8. The minimum absolute atomic E-state index is 0.773. The highest BCUT2D eigenvalue weighted by molar-refractivity contribution is 6.15. The van der Waals surface area contributed by atoms with Crippen LogP contribution in [0.5, 0.6) is 0 Å². The standard InChI is InChI=1S/C35H20N4O/c1-2-11-21(12-3-1)31-33(24-15-10-20-29-30(24)23-14-5-9-19-28(23)40-29)38-34-32(37-31)22-13-4-7-17-26(22)39-27-18-8-6-16-25(27)36-35(34)39/h1-20H. The van der Waals surface area contributed by atoms with Crippen LogP contribution in [0.2, 0.25) is 0 Å². The molecular weight excluding hydrogens is 492 g/mol. The number of para-hydroxylation sites is 4.